The summed E-state index contributed by atoms with van der Waals surface area (Å²) < 4.78 is 18.7. The Morgan fingerprint density at radius 3 is 2.29 bits per heavy atom. The molecule has 2 heterocycles. The molecule has 0 unspecified atom stereocenters. The average molecular weight is 425 g/mol. The lowest BCUT2D eigenvalue weighted by Gasteiger charge is -2.34. The van der Waals surface area contributed by atoms with Gasteiger partial charge in [-0.05, 0) is 54.1 Å². The molecule has 2 aliphatic heterocycles. The Bertz CT molecular complexity index is 922. The number of carbonyl (C=O) groups excluding carboxylic acids is 1. The average Bonchev–Trinajstić information content (AvgIpc) is 3.26. The molecule has 0 bridgehead atoms. The minimum atomic E-state index is -0.287. The number of carbonyl (C=O) groups is 1. The summed E-state index contributed by atoms with van der Waals surface area (Å²) in [6.07, 6.45) is 0.591. The van der Waals surface area contributed by atoms with E-state index in [1.807, 2.05) is 24.3 Å². The number of amides is 1. The first-order valence-electron chi connectivity index (χ1n) is 10.8. The molecule has 0 spiro atoms. The molecule has 7 heteroatoms. The van der Waals surface area contributed by atoms with E-state index in [-0.39, 0.29) is 17.8 Å². The highest BCUT2D eigenvalue weighted by Gasteiger charge is 2.34. The molecule has 1 saturated heterocycles. The Hall–Kier alpha value is -2.77. The summed E-state index contributed by atoms with van der Waals surface area (Å²) in [5.74, 6) is 0.462. The van der Waals surface area contributed by atoms with Crippen molar-refractivity contribution in [1.82, 2.24) is 14.8 Å². The summed E-state index contributed by atoms with van der Waals surface area (Å²) in [5.41, 5.74) is 2.69. The molecule has 0 N–H and O–H groups in total. The Morgan fingerprint density at radius 2 is 1.68 bits per heavy atom. The highest BCUT2D eigenvalue weighted by Crippen LogP contribution is 2.33. The second-order valence-electron chi connectivity index (χ2n) is 8.00. The van der Waals surface area contributed by atoms with Crippen LogP contribution in [0.15, 0.2) is 53.6 Å². The highest BCUT2D eigenvalue weighted by atomic mass is 19.1. The number of hydrogen-bond donors (Lipinski definition) is 0. The molecule has 0 aliphatic carbocycles. The fourth-order valence-corrected chi connectivity index (χ4v) is 4.17. The molecule has 2 aromatic rings. The van der Waals surface area contributed by atoms with Gasteiger partial charge in [-0.3, -0.25) is 9.69 Å². The number of rotatable bonds is 6. The summed E-state index contributed by atoms with van der Waals surface area (Å²) >= 11 is 0. The SMILES string of the molecule is CCN1CCN(CC(=O)N2N=C(c3ccc(OC)cc3)C[C@@H]2c2ccc(F)cc2)CC1. The number of ether oxygens (including phenoxy) is 1. The zero-order valence-electron chi connectivity index (χ0n) is 18.1. The lowest BCUT2D eigenvalue weighted by molar-refractivity contribution is -0.134. The van der Waals surface area contributed by atoms with Crippen molar-refractivity contribution >= 4 is 11.6 Å². The third-order valence-corrected chi connectivity index (χ3v) is 6.11. The van der Waals surface area contributed by atoms with Gasteiger partial charge in [-0.15, -0.1) is 0 Å². The lowest BCUT2D eigenvalue weighted by Crippen LogP contribution is -2.49. The third-order valence-electron chi connectivity index (χ3n) is 6.11. The van der Waals surface area contributed by atoms with Crippen LogP contribution in [-0.4, -0.2) is 72.8 Å². The van der Waals surface area contributed by atoms with Crippen molar-refractivity contribution in [3.63, 3.8) is 0 Å². The number of nitrogens with zero attached hydrogens (tertiary/aromatic N) is 4. The standard InChI is InChI=1S/C24H29FN4O2/c1-3-27-12-14-28(15-13-27)17-24(30)29-23(19-4-8-20(25)9-5-19)16-22(26-29)18-6-10-21(31-2)11-7-18/h4-11,23H,3,12-17H2,1-2H3/t23-/m1/s1. The fraction of sp³-hybridized carbons (Fsp3) is 0.417. The highest BCUT2D eigenvalue weighted by molar-refractivity contribution is 6.03. The predicted octanol–water partition coefficient (Wildman–Crippen LogP) is 3.15. The largest absolute Gasteiger partial charge is 0.497 e. The van der Waals surface area contributed by atoms with E-state index in [1.54, 1.807) is 24.3 Å². The van der Waals surface area contributed by atoms with Crippen LogP contribution in [0.3, 0.4) is 0 Å². The summed E-state index contributed by atoms with van der Waals surface area (Å²) in [6, 6.07) is 13.8. The van der Waals surface area contributed by atoms with Crippen LogP contribution in [0.1, 0.15) is 30.5 Å². The fourth-order valence-electron chi connectivity index (χ4n) is 4.17. The van der Waals surface area contributed by atoms with Crippen LogP contribution in [0.5, 0.6) is 5.75 Å². The van der Waals surface area contributed by atoms with Crippen molar-refractivity contribution < 1.29 is 13.9 Å². The van der Waals surface area contributed by atoms with E-state index in [2.05, 4.69) is 16.7 Å². The van der Waals surface area contributed by atoms with Crippen molar-refractivity contribution in [3.8, 4) is 5.75 Å². The molecule has 0 saturated carbocycles. The van der Waals surface area contributed by atoms with E-state index in [0.29, 0.717) is 13.0 Å². The van der Waals surface area contributed by atoms with Gasteiger partial charge in [-0.25, -0.2) is 9.40 Å². The smallest absolute Gasteiger partial charge is 0.257 e. The number of halogens is 1. The summed E-state index contributed by atoms with van der Waals surface area (Å²) in [5, 5.41) is 6.32. The summed E-state index contributed by atoms with van der Waals surface area (Å²) in [7, 11) is 1.63. The van der Waals surface area contributed by atoms with Crippen LogP contribution in [0, 0.1) is 5.82 Å². The Balaban J connectivity index is 1.54. The van der Waals surface area contributed by atoms with Crippen LogP contribution in [0.4, 0.5) is 4.39 Å². The second-order valence-corrected chi connectivity index (χ2v) is 8.00. The van der Waals surface area contributed by atoms with Gasteiger partial charge in [-0.2, -0.15) is 5.10 Å². The molecule has 2 aromatic carbocycles. The zero-order chi connectivity index (χ0) is 21.8. The summed E-state index contributed by atoms with van der Waals surface area (Å²) in [6.45, 7) is 7.25. The number of hydrazone groups is 1. The van der Waals surface area contributed by atoms with Gasteiger partial charge >= 0.3 is 0 Å². The molecular formula is C24H29FN4O2. The zero-order valence-corrected chi connectivity index (χ0v) is 18.1. The van der Waals surface area contributed by atoms with E-state index in [9.17, 15) is 9.18 Å². The number of hydrogen-bond acceptors (Lipinski definition) is 5. The number of piperazine rings is 1. The third kappa shape index (κ3) is 4.94. The molecule has 1 fully saturated rings. The van der Waals surface area contributed by atoms with E-state index in [4.69, 9.17) is 9.84 Å². The molecule has 1 atom stereocenters. The molecule has 0 aromatic heterocycles. The maximum atomic E-state index is 13.5. The van der Waals surface area contributed by atoms with Gasteiger partial charge in [-0.1, -0.05) is 19.1 Å². The van der Waals surface area contributed by atoms with E-state index < -0.39 is 0 Å². The molecule has 1 amide bonds. The first-order chi connectivity index (χ1) is 15.1. The predicted molar refractivity (Wildman–Crippen MR) is 119 cm³/mol. The van der Waals surface area contributed by atoms with Crippen molar-refractivity contribution in [2.75, 3.05) is 46.4 Å². The Kier molecular flexibility index (Phi) is 6.63. The maximum absolute atomic E-state index is 13.5. The topological polar surface area (TPSA) is 48.4 Å². The van der Waals surface area contributed by atoms with Gasteiger partial charge in [0.2, 0.25) is 0 Å². The molecule has 0 radical (unpaired) electrons. The lowest BCUT2D eigenvalue weighted by atomic mass is 9.98. The monoisotopic (exact) mass is 424 g/mol. The second kappa shape index (κ2) is 9.58. The van der Waals surface area contributed by atoms with Gasteiger partial charge in [0.15, 0.2) is 0 Å². The van der Waals surface area contributed by atoms with Crippen LogP contribution >= 0.6 is 0 Å². The van der Waals surface area contributed by atoms with Gasteiger partial charge in [0, 0.05) is 32.6 Å². The van der Waals surface area contributed by atoms with E-state index in [0.717, 1.165) is 55.3 Å². The summed E-state index contributed by atoms with van der Waals surface area (Å²) in [4.78, 5) is 17.8. The molecule has 164 valence electrons. The van der Waals surface area contributed by atoms with Crippen LogP contribution < -0.4 is 4.74 Å². The number of likely N-dealkylation sites (N-methyl/N-ethyl adjacent to an activating group) is 1. The van der Waals surface area contributed by atoms with Gasteiger partial charge in [0.1, 0.15) is 11.6 Å². The quantitative estimate of drug-likeness (QED) is 0.715. The molecule has 4 rings (SSSR count). The van der Waals surface area contributed by atoms with Gasteiger partial charge in [0.05, 0.1) is 25.4 Å². The van der Waals surface area contributed by atoms with E-state index >= 15 is 0 Å². The Morgan fingerprint density at radius 1 is 1.03 bits per heavy atom. The minimum Gasteiger partial charge on any atom is -0.497 e. The number of methoxy groups -OCH3 is 1. The molecular weight excluding hydrogens is 395 g/mol. The van der Waals surface area contributed by atoms with Crippen LogP contribution in [0.2, 0.25) is 0 Å². The first kappa shape index (κ1) is 21.5. The van der Waals surface area contributed by atoms with Gasteiger partial charge < -0.3 is 9.64 Å². The van der Waals surface area contributed by atoms with E-state index in [1.165, 1.54) is 12.1 Å². The normalized spacial score (nSPS) is 20.0. The van der Waals surface area contributed by atoms with Crippen molar-refractivity contribution in [3.05, 3.63) is 65.5 Å². The van der Waals surface area contributed by atoms with Crippen molar-refractivity contribution in [1.29, 1.82) is 0 Å². The Labute approximate surface area is 182 Å². The molecule has 2 aliphatic rings. The maximum Gasteiger partial charge on any atom is 0.257 e. The first-order valence-corrected chi connectivity index (χ1v) is 10.8. The van der Waals surface area contributed by atoms with Crippen LogP contribution in [0.25, 0.3) is 0 Å². The van der Waals surface area contributed by atoms with Crippen molar-refractivity contribution in [2.24, 2.45) is 5.10 Å². The molecule has 6 nitrogen and oxygen atoms in total. The van der Waals surface area contributed by atoms with Gasteiger partial charge in [0.25, 0.3) is 5.91 Å². The number of benzene rings is 2. The minimum absolute atomic E-state index is 0.0252. The van der Waals surface area contributed by atoms with Crippen LogP contribution in [-0.2, 0) is 4.79 Å². The molecule has 31 heavy (non-hydrogen) atoms. The van der Waals surface area contributed by atoms with Crippen molar-refractivity contribution in [2.45, 2.75) is 19.4 Å².